The van der Waals surface area contributed by atoms with Crippen LogP contribution in [-0.2, 0) is 16.1 Å². The van der Waals surface area contributed by atoms with Crippen molar-refractivity contribution in [3.63, 3.8) is 0 Å². The van der Waals surface area contributed by atoms with Crippen molar-refractivity contribution < 1.29 is 14.0 Å². The predicted molar refractivity (Wildman–Crippen MR) is 91.7 cm³/mol. The molecule has 2 rings (SSSR count). The van der Waals surface area contributed by atoms with Crippen LogP contribution < -0.4 is 5.32 Å². The lowest BCUT2D eigenvalue weighted by Gasteiger charge is -2.31. The average molecular weight is 334 g/mol. The highest BCUT2D eigenvalue weighted by Crippen LogP contribution is 2.18. The summed E-state index contributed by atoms with van der Waals surface area (Å²) in [5, 5.41) is 3.05. The van der Waals surface area contributed by atoms with Gasteiger partial charge < -0.3 is 10.2 Å². The van der Waals surface area contributed by atoms with Gasteiger partial charge in [-0.1, -0.05) is 44.4 Å². The molecule has 1 aromatic rings. The molecule has 1 aliphatic carbocycles. The molecule has 4 nitrogen and oxygen atoms in total. The highest BCUT2D eigenvalue weighted by molar-refractivity contribution is 5.87. The minimum absolute atomic E-state index is 0.110. The molecule has 2 amide bonds. The van der Waals surface area contributed by atoms with Gasteiger partial charge in [0.05, 0.1) is 0 Å². The Kier molecular flexibility index (Phi) is 6.76. The van der Waals surface area contributed by atoms with Gasteiger partial charge in [-0.2, -0.15) is 0 Å². The molecule has 1 atom stereocenters. The standard InChI is InChI=1S/C19H27FN2O2/c1-3-18(23)22(13-15-9-7-8-12-17(15)20)14(2)19(24)21-16-10-5-4-6-11-16/h7-9,12,14,16H,3-6,10-11,13H2,1-2H3,(H,21,24). The van der Waals surface area contributed by atoms with E-state index in [2.05, 4.69) is 5.32 Å². The van der Waals surface area contributed by atoms with E-state index < -0.39 is 6.04 Å². The summed E-state index contributed by atoms with van der Waals surface area (Å²) in [6, 6.07) is 5.96. The first-order chi connectivity index (χ1) is 11.5. The first-order valence-electron chi connectivity index (χ1n) is 8.86. The third kappa shape index (κ3) is 4.79. The Balaban J connectivity index is 2.06. The monoisotopic (exact) mass is 334 g/mol. The van der Waals surface area contributed by atoms with Crippen LogP contribution in [0.5, 0.6) is 0 Å². The minimum Gasteiger partial charge on any atom is -0.352 e. The second-order valence-electron chi connectivity index (χ2n) is 6.49. The number of hydrogen-bond acceptors (Lipinski definition) is 2. The van der Waals surface area contributed by atoms with Crippen molar-refractivity contribution in [3.05, 3.63) is 35.6 Å². The molecule has 1 unspecified atom stereocenters. The van der Waals surface area contributed by atoms with Crippen LogP contribution in [0, 0.1) is 5.82 Å². The number of rotatable bonds is 6. The second-order valence-corrected chi connectivity index (χ2v) is 6.49. The van der Waals surface area contributed by atoms with E-state index in [1.807, 2.05) is 0 Å². The van der Waals surface area contributed by atoms with Crippen LogP contribution >= 0.6 is 0 Å². The fourth-order valence-corrected chi connectivity index (χ4v) is 3.16. The quantitative estimate of drug-likeness (QED) is 0.867. The normalized spacial score (nSPS) is 16.5. The van der Waals surface area contributed by atoms with Gasteiger partial charge >= 0.3 is 0 Å². The molecule has 0 heterocycles. The van der Waals surface area contributed by atoms with Gasteiger partial charge in [0.2, 0.25) is 11.8 Å². The van der Waals surface area contributed by atoms with Crippen LogP contribution in [0.15, 0.2) is 24.3 Å². The smallest absolute Gasteiger partial charge is 0.242 e. The van der Waals surface area contributed by atoms with Crippen molar-refractivity contribution in [2.24, 2.45) is 0 Å². The molecule has 132 valence electrons. The van der Waals surface area contributed by atoms with Gasteiger partial charge in [-0.05, 0) is 25.8 Å². The molecule has 5 heteroatoms. The Labute approximate surface area is 143 Å². The Hall–Kier alpha value is -1.91. The fraction of sp³-hybridized carbons (Fsp3) is 0.579. The van der Waals surface area contributed by atoms with Crippen molar-refractivity contribution in [1.82, 2.24) is 10.2 Å². The molecule has 0 aliphatic heterocycles. The molecule has 0 bridgehead atoms. The fourth-order valence-electron chi connectivity index (χ4n) is 3.16. The molecular weight excluding hydrogens is 307 g/mol. The number of hydrogen-bond donors (Lipinski definition) is 1. The third-order valence-electron chi connectivity index (χ3n) is 4.72. The summed E-state index contributed by atoms with van der Waals surface area (Å²) >= 11 is 0. The predicted octanol–water partition coefficient (Wildman–Crippen LogP) is 3.40. The summed E-state index contributed by atoms with van der Waals surface area (Å²) in [7, 11) is 0. The molecule has 1 N–H and O–H groups in total. The topological polar surface area (TPSA) is 49.4 Å². The molecule has 0 aromatic heterocycles. The Morgan fingerprint density at radius 2 is 1.92 bits per heavy atom. The number of halogens is 1. The third-order valence-corrected chi connectivity index (χ3v) is 4.72. The lowest BCUT2D eigenvalue weighted by Crippen LogP contribution is -2.50. The van der Waals surface area contributed by atoms with E-state index in [1.54, 1.807) is 32.0 Å². The first-order valence-corrected chi connectivity index (χ1v) is 8.86. The zero-order valence-corrected chi connectivity index (χ0v) is 14.6. The van der Waals surface area contributed by atoms with E-state index in [-0.39, 0.29) is 36.6 Å². The summed E-state index contributed by atoms with van der Waals surface area (Å²) in [4.78, 5) is 26.3. The zero-order chi connectivity index (χ0) is 17.5. The molecule has 0 spiro atoms. The van der Waals surface area contributed by atoms with E-state index >= 15 is 0 Å². The van der Waals surface area contributed by atoms with Gasteiger partial charge in [0, 0.05) is 24.6 Å². The SMILES string of the molecule is CCC(=O)N(Cc1ccccc1F)C(C)C(=O)NC1CCCCC1. The lowest BCUT2D eigenvalue weighted by molar-refractivity contribution is -0.140. The van der Waals surface area contributed by atoms with Crippen LogP contribution in [0.25, 0.3) is 0 Å². The molecule has 1 aliphatic rings. The van der Waals surface area contributed by atoms with E-state index in [1.165, 1.54) is 17.4 Å². The van der Waals surface area contributed by atoms with E-state index in [0.29, 0.717) is 5.56 Å². The zero-order valence-electron chi connectivity index (χ0n) is 14.6. The largest absolute Gasteiger partial charge is 0.352 e. The van der Waals surface area contributed by atoms with E-state index in [0.717, 1.165) is 25.7 Å². The Bertz CT molecular complexity index is 570. The molecule has 1 saturated carbocycles. The van der Waals surface area contributed by atoms with E-state index in [9.17, 15) is 14.0 Å². The number of carbonyl (C=O) groups excluding carboxylic acids is 2. The number of nitrogens with zero attached hydrogens (tertiary/aromatic N) is 1. The maximum atomic E-state index is 13.9. The molecule has 0 saturated heterocycles. The first kappa shape index (κ1) is 18.4. The molecule has 24 heavy (non-hydrogen) atoms. The summed E-state index contributed by atoms with van der Waals surface area (Å²) in [6.45, 7) is 3.58. The highest BCUT2D eigenvalue weighted by atomic mass is 19.1. The number of nitrogens with one attached hydrogen (secondary N) is 1. The van der Waals surface area contributed by atoms with Crippen molar-refractivity contribution in [1.29, 1.82) is 0 Å². The van der Waals surface area contributed by atoms with Gasteiger partial charge in [-0.25, -0.2) is 4.39 Å². The summed E-state index contributed by atoms with van der Waals surface area (Å²) < 4.78 is 13.9. The molecule has 1 fully saturated rings. The number of amides is 2. The summed E-state index contributed by atoms with van der Waals surface area (Å²) in [6.07, 6.45) is 5.75. The second kappa shape index (κ2) is 8.81. The number of carbonyl (C=O) groups is 2. The van der Waals surface area contributed by atoms with Crippen LogP contribution in [0.1, 0.15) is 57.9 Å². The van der Waals surface area contributed by atoms with Crippen molar-refractivity contribution in [2.45, 2.75) is 71.0 Å². The molecule has 1 aromatic carbocycles. The van der Waals surface area contributed by atoms with Crippen molar-refractivity contribution in [2.75, 3.05) is 0 Å². The van der Waals surface area contributed by atoms with Crippen molar-refractivity contribution in [3.8, 4) is 0 Å². The summed E-state index contributed by atoms with van der Waals surface area (Å²) in [5.74, 6) is -0.657. The minimum atomic E-state index is -0.612. The number of benzene rings is 1. The maximum absolute atomic E-state index is 13.9. The van der Waals surface area contributed by atoms with Gasteiger partial charge in [0.25, 0.3) is 0 Å². The van der Waals surface area contributed by atoms with Crippen LogP contribution in [-0.4, -0.2) is 28.8 Å². The van der Waals surface area contributed by atoms with Crippen LogP contribution in [0.4, 0.5) is 4.39 Å². The van der Waals surface area contributed by atoms with Crippen LogP contribution in [0.3, 0.4) is 0 Å². The van der Waals surface area contributed by atoms with Gasteiger partial charge in [0.1, 0.15) is 11.9 Å². The highest BCUT2D eigenvalue weighted by Gasteiger charge is 2.27. The Morgan fingerprint density at radius 3 is 2.54 bits per heavy atom. The van der Waals surface area contributed by atoms with Crippen molar-refractivity contribution >= 4 is 11.8 Å². The average Bonchev–Trinajstić information content (AvgIpc) is 2.60. The molecule has 0 radical (unpaired) electrons. The molecular formula is C19H27FN2O2. The summed E-state index contributed by atoms with van der Waals surface area (Å²) in [5.41, 5.74) is 0.427. The van der Waals surface area contributed by atoms with E-state index in [4.69, 9.17) is 0 Å². The lowest BCUT2D eigenvalue weighted by atomic mass is 9.95. The maximum Gasteiger partial charge on any atom is 0.242 e. The Morgan fingerprint density at radius 1 is 1.25 bits per heavy atom. The van der Waals surface area contributed by atoms with Gasteiger partial charge in [-0.3, -0.25) is 9.59 Å². The van der Waals surface area contributed by atoms with Gasteiger partial charge in [0.15, 0.2) is 0 Å². The van der Waals surface area contributed by atoms with Crippen LogP contribution in [0.2, 0.25) is 0 Å². The van der Waals surface area contributed by atoms with Gasteiger partial charge in [-0.15, -0.1) is 0 Å².